The van der Waals surface area contributed by atoms with Crippen LogP contribution in [0.15, 0.2) is 28.7 Å². The van der Waals surface area contributed by atoms with Crippen LogP contribution in [0.25, 0.3) is 0 Å². The first-order valence-corrected chi connectivity index (χ1v) is 6.60. The summed E-state index contributed by atoms with van der Waals surface area (Å²) in [6, 6.07) is 4.23. The molecule has 0 heterocycles. The summed E-state index contributed by atoms with van der Waals surface area (Å²) in [5.41, 5.74) is 5.02. The monoisotopic (exact) mass is 358 g/mol. The van der Waals surface area contributed by atoms with E-state index in [0.29, 0.717) is 5.56 Å². The Morgan fingerprint density at radius 2 is 1.67 bits per heavy atom. The molecule has 2 rings (SSSR count). The average molecular weight is 359 g/mol. The number of hydrogen-bond acceptors (Lipinski definition) is 2. The maximum absolute atomic E-state index is 13.5. The molecule has 0 fully saturated rings. The summed E-state index contributed by atoms with van der Waals surface area (Å²) in [7, 11) is 0. The zero-order valence-electron chi connectivity index (χ0n) is 10.8. The second kappa shape index (κ2) is 5.77. The number of amides is 1. The Labute approximate surface area is 127 Å². The third-order valence-electron chi connectivity index (χ3n) is 2.86. The predicted molar refractivity (Wildman–Crippen MR) is 77.6 cm³/mol. The normalized spacial score (nSPS) is 10.5. The molecule has 0 bridgehead atoms. The van der Waals surface area contributed by atoms with Gasteiger partial charge in [-0.3, -0.25) is 4.79 Å². The molecule has 0 aliphatic heterocycles. The molecule has 2 aromatic rings. The summed E-state index contributed by atoms with van der Waals surface area (Å²) in [5.74, 6) is -3.39. The Hall–Kier alpha value is -2.02. The van der Waals surface area contributed by atoms with E-state index in [-0.39, 0.29) is 15.7 Å². The lowest BCUT2D eigenvalue weighted by molar-refractivity contribution is 0.102. The van der Waals surface area contributed by atoms with Crippen molar-refractivity contribution in [2.24, 2.45) is 0 Å². The fraction of sp³-hybridized carbons (Fsp3) is 0.0714. The van der Waals surface area contributed by atoms with Crippen molar-refractivity contribution in [3.63, 3.8) is 0 Å². The minimum Gasteiger partial charge on any atom is -0.394 e. The number of halogens is 4. The third-order valence-corrected chi connectivity index (χ3v) is 3.46. The molecule has 0 radical (unpaired) electrons. The van der Waals surface area contributed by atoms with E-state index in [9.17, 15) is 18.0 Å². The van der Waals surface area contributed by atoms with Gasteiger partial charge in [0.05, 0.1) is 4.47 Å². The molecule has 7 heteroatoms. The van der Waals surface area contributed by atoms with E-state index in [0.717, 1.165) is 18.2 Å². The van der Waals surface area contributed by atoms with Gasteiger partial charge < -0.3 is 11.1 Å². The van der Waals surface area contributed by atoms with Crippen LogP contribution >= 0.6 is 15.9 Å². The van der Waals surface area contributed by atoms with Gasteiger partial charge in [0.2, 0.25) is 0 Å². The Balaban J connectivity index is 2.32. The van der Waals surface area contributed by atoms with Crippen molar-refractivity contribution in [2.45, 2.75) is 6.92 Å². The molecule has 2 aromatic carbocycles. The van der Waals surface area contributed by atoms with Gasteiger partial charge in [-0.25, -0.2) is 13.2 Å². The zero-order chi connectivity index (χ0) is 15.7. The van der Waals surface area contributed by atoms with Gasteiger partial charge in [0, 0.05) is 11.3 Å². The lowest BCUT2D eigenvalue weighted by atomic mass is 10.1. The predicted octanol–water partition coefficient (Wildman–Crippen LogP) is 4.01. The molecule has 0 aliphatic carbocycles. The molecule has 0 unspecified atom stereocenters. The molecule has 3 nitrogen and oxygen atoms in total. The number of anilines is 2. The number of rotatable bonds is 2. The van der Waals surface area contributed by atoms with Crippen LogP contribution in [0.5, 0.6) is 0 Å². The number of hydrogen-bond donors (Lipinski definition) is 2. The van der Waals surface area contributed by atoms with Crippen molar-refractivity contribution in [3.05, 3.63) is 57.3 Å². The molecule has 0 spiro atoms. The molecule has 0 saturated carbocycles. The molecule has 0 saturated heterocycles. The smallest absolute Gasteiger partial charge is 0.255 e. The van der Waals surface area contributed by atoms with Gasteiger partial charge >= 0.3 is 0 Å². The molecule has 1 amide bonds. The molecular weight excluding hydrogens is 349 g/mol. The molecule has 0 aliphatic rings. The van der Waals surface area contributed by atoms with Gasteiger partial charge in [-0.05, 0) is 52.7 Å². The second-order valence-electron chi connectivity index (χ2n) is 4.39. The first kappa shape index (κ1) is 15.4. The van der Waals surface area contributed by atoms with Crippen molar-refractivity contribution in [1.29, 1.82) is 0 Å². The maximum Gasteiger partial charge on any atom is 0.255 e. The molecule has 0 atom stereocenters. The highest BCUT2D eigenvalue weighted by Gasteiger charge is 2.15. The lowest BCUT2D eigenvalue weighted by Crippen LogP contribution is -2.14. The lowest BCUT2D eigenvalue weighted by Gasteiger charge is -2.10. The van der Waals surface area contributed by atoms with E-state index in [1.54, 1.807) is 6.92 Å². The van der Waals surface area contributed by atoms with Crippen molar-refractivity contribution in [2.75, 3.05) is 11.1 Å². The Bertz CT molecular complexity index is 711. The third kappa shape index (κ3) is 3.18. The second-order valence-corrected chi connectivity index (χ2v) is 5.24. The van der Waals surface area contributed by atoms with E-state index in [1.807, 2.05) is 0 Å². The first-order chi connectivity index (χ1) is 9.79. The van der Waals surface area contributed by atoms with E-state index >= 15 is 0 Å². The van der Waals surface area contributed by atoms with E-state index in [1.165, 1.54) is 6.07 Å². The van der Waals surface area contributed by atoms with Crippen LogP contribution < -0.4 is 11.1 Å². The van der Waals surface area contributed by atoms with Gasteiger partial charge in [-0.2, -0.15) is 0 Å². The number of benzene rings is 2. The number of aryl methyl sites for hydroxylation is 1. The van der Waals surface area contributed by atoms with Crippen molar-refractivity contribution in [1.82, 2.24) is 0 Å². The zero-order valence-corrected chi connectivity index (χ0v) is 12.4. The highest BCUT2D eigenvalue weighted by atomic mass is 79.9. The highest BCUT2D eigenvalue weighted by molar-refractivity contribution is 9.10. The SMILES string of the molecule is Cc1cc(Br)c(F)cc1NC(=O)c1cc(F)c(N)c(F)c1. The summed E-state index contributed by atoms with van der Waals surface area (Å²) in [5, 5.41) is 2.39. The van der Waals surface area contributed by atoms with Crippen molar-refractivity contribution in [3.8, 4) is 0 Å². The van der Waals surface area contributed by atoms with E-state index in [2.05, 4.69) is 21.2 Å². The number of nitrogen functional groups attached to an aromatic ring is 1. The van der Waals surface area contributed by atoms with Crippen LogP contribution in [0.1, 0.15) is 15.9 Å². The Morgan fingerprint density at radius 3 is 2.24 bits per heavy atom. The highest BCUT2D eigenvalue weighted by Crippen LogP contribution is 2.25. The van der Waals surface area contributed by atoms with Gasteiger partial charge in [0.1, 0.15) is 23.1 Å². The van der Waals surface area contributed by atoms with Crippen molar-refractivity contribution >= 4 is 33.2 Å². The summed E-state index contributed by atoms with van der Waals surface area (Å²) in [4.78, 5) is 12.0. The topological polar surface area (TPSA) is 55.1 Å². The Morgan fingerprint density at radius 1 is 1.10 bits per heavy atom. The van der Waals surface area contributed by atoms with Crippen LogP contribution in [0.4, 0.5) is 24.5 Å². The fourth-order valence-electron chi connectivity index (χ4n) is 1.69. The van der Waals surface area contributed by atoms with Crippen LogP contribution in [-0.4, -0.2) is 5.91 Å². The van der Waals surface area contributed by atoms with Crippen LogP contribution in [0.3, 0.4) is 0 Å². The molecule has 21 heavy (non-hydrogen) atoms. The average Bonchev–Trinajstić information content (AvgIpc) is 2.41. The van der Waals surface area contributed by atoms with Gasteiger partial charge in [0.15, 0.2) is 0 Å². The maximum atomic E-state index is 13.5. The Kier molecular flexibility index (Phi) is 4.22. The van der Waals surface area contributed by atoms with Gasteiger partial charge in [-0.15, -0.1) is 0 Å². The van der Waals surface area contributed by atoms with E-state index < -0.39 is 29.0 Å². The first-order valence-electron chi connectivity index (χ1n) is 5.81. The summed E-state index contributed by atoms with van der Waals surface area (Å²) < 4.78 is 40.4. The van der Waals surface area contributed by atoms with Crippen LogP contribution in [0, 0.1) is 24.4 Å². The number of nitrogens with two attached hydrogens (primary N) is 1. The molecule has 0 aromatic heterocycles. The molecule has 3 N–H and O–H groups in total. The molecule has 110 valence electrons. The van der Waals surface area contributed by atoms with Gasteiger partial charge in [-0.1, -0.05) is 0 Å². The minimum absolute atomic E-state index is 0.207. The standard InChI is InChI=1S/C14H10BrF3N2O/c1-6-2-8(15)9(16)5-12(6)20-14(21)7-3-10(17)13(19)11(18)4-7/h2-5H,19H2,1H3,(H,20,21). The van der Waals surface area contributed by atoms with Gasteiger partial charge in [0.25, 0.3) is 5.91 Å². The number of carbonyl (C=O) groups is 1. The van der Waals surface area contributed by atoms with Crippen LogP contribution in [-0.2, 0) is 0 Å². The fourth-order valence-corrected chi connectivity index (χ4v) is 2.15. The largest absolute Gasteiger partial charge is 0.394 e. The quantitative estimate of drug-likeness (QED) is 0.797. The van der Waals surface area contributed by atoms with Crippen molar-refractivity contribution < 1.29 is 18.0 Å². The number of nitrogens with one attached hydrogen (secondary N) is 1. The molecular formula is C14H10BrF3N2O. The number of carbonyl (C=O) groups excluding carboxylic acids is 1. The van der Waals surface area contributed by atoms with Crippen LogP contribution in [0.2, 0.25) is 0 Å². The minimum atomic E-state index is -1.03. The van der Waals surface area contributed by atoms with E-state index in [4.69, 9.17) is 5.73 Å². The summed E-state index contributed by atoms with van der Waals surface area (Å²) in [6.45, 7) is 1.66. The summed E-state index contributed by atoms with van der Waals surface area (Å²) >= 11 is 3.02. The summed E-state index contributed by atoms with van der Waals surface area (Å²) in [6.07, 6.45) is 0.